The monoisotopic (exact) mass is 311 g/mol. The molecule has 0 spiro atoms. The fraction of sp³-hybridized carbons (Fsp3) is 0.833. The summed E-state index contributed by atoms with van der Waals surface area (Å²) in [7, 11) is 0. The van der Waals surface area contributed by atoms with Gasteiger partial charge in [-0.1, -0.05) is 13.8 Å². The Kier molecular flexibility index (Phi) is 12.2. The molecule has 0 aliphatic rings. The van der Waals surface area contributed by atoms with Gasteiger partial charge in [0.1, 0.15) is 30.5 Å². The second-order valence-corrected chi connectivity index (χ2v) is 4.93. The highest BCUT2D eigenvalue weighted by atomic mass is 16.4. The number of rotatable bonds is 8. The van der Waals surface area contributed by atoms with Crippen molar-refractivity contribution in [2.24, 2.45) is 11.7 Å². The van der Waals surface area contributed by atoms with E-state index in [0.29, 0.717) is 12.3 Å². The summed E-state index contributed by atoms with van der Waals surface area (Å²) in [6.45, 7) is 3.13. The van der Waals surface area contributed by atoms with Crippen LogP contribution in [0.3, 0.4) is 0 Å². The lowest BCUT2D eigenvalue weighted by Gasteiger charge is -2.22. The van der Waals surface area contributed by atoms with Crippen LogP contribution in [0.5, 0.6) is 0 Å². The van der Waals surface area contributed by atoms with Crippen molar-refractivity contribution >= 4 is 12.3 Å². The van der Waals surface area contributed by atoms with E-state index in [9.17, 15) is 9.59 Å². The van der Waals surface area contributed by atoms with Gasteiger partial charge in [-0.15, -0.1) is 0 Å². The zero-order valence-electron chi connectivity index (χ0n) is 12.0. The van der Waals surface area contributed by atoms with Gasteiger partial charge in [0, 0.05) is 0 Å². The van der Waals surface area contributed by atoms with Crippen molar-refractivity contribution in [3.05, 3.63) is 0 Å². The topological polar surface area (TPSA) is 182 Å². The van der Waals surface area contributed by atoms with Crippen molar-refractivity contribution in [2.45, 2.75) is 50.7 Å². The number of carbonyl (C=O) groups is 2. The summed E-state index contributed by atoms with van der Waals surface area (Å²) < 4.78 is 0. The lowest BCUT2D eigenvalue weighted by molar-refractivity contribution is -0.139. The average molecular weight is 311 g/mol. The van der Waals surface area contributed by atoms with Crippen molar-refractivity contribution in [3.8, 4) is 0 Å². The minimum atomic E-state index is -1.79. The van der Waals surface area contributed by atoms with Crippen LogP contribution in [0.1, 0.15) is 20.3 Å². The van der Waals surface area contributed by atoms with Gasteiger partial charge in [-0.2, -0.15) is 0 Å². The molecule has 0 radical (unpaired) electrons. The van der Waals surface area contributed by atoms with Crippen molar-refractivity contribution in [1.82, 2.24) is 0 Å². The summed E-state index contributed by atoms with van der Waals surface area (Å²) in [5.41, 5.74) is 5.22. The van der Waals surface area contributed by atoms with Crippen LogP contribution in [0.25, 0.3) is 0 Å². The fourth-order valence-electron chi connectivity index (χ4n) is 1.23. The molecule has 126 valence electrons. The van der Waals surface area contributed by atoms with E-state index in [4.69, 9.17) is 36.4 Å². The molecule has 0 bridgehead atoms. The van der Waals surface area contributed by atoms with E-state index in [-0.39, 0.29) is 6.29 Å². The van der Waals surface area contributed by atoms with Crippen LogP contribution < -0.4 is 5.73 Å². The van der Waals surface area contributed by atoms with Crippen LogP contribution in [0, 0.1) is 5.92 Å². The second kappa shape index (κ2) is 11.5. The van der Waals surface area contributed by atoms with Crippen LogP contribution in [-0.2, 0) is 9.59 Å². The lowest BCUT2D eigenvalue weighted by Crippen LogP contribution is -2.46. The number of carboxylic acids is 1. The van der Waals surface area contributed by atoms with Crippen LogP contribution in [0.4, 0.5) is 0 Å². The van der Waals surface area contributed by atoms with E-state index in [1.807, 2.05) is 13.8 Å². The van der Waals surface area contributed by atoms with Crippen molar-refractivity contribution in [3.63, 3.8) is 0 Å². The number of hydrogen-bond acceptors (Lipinski definition) is 8. The van der Waals surface area contributed by atoms with E-state index in [1.165, 1.54) is 0 Å². The first-order valence-electron chi connectivity index (χ1n) is 6.35. The molecule has 9 heteroatoms. The van der Waals surface area contributed by atoms with E-state index in [0.717, 1.165) is 0 Å². The van der Waals surface area contributed by atoms with Crippen LogP contribution in [-0.4, -0.2) is 80.0 Å². The molecular formula is C12H25NO8. The molecular weight excluding hydrogens is 286 g/mol. The Labute approximate surface area is 122 Å². The van der Waals surface area contributed by atoms with Gasteiger partial charge in [0.15, 0.2) is 6.29 Å². The van der Waals surface area contributed by atoms with Gasteiger partial charge < -0.3 is 41.2 Å². The third-order valence-electron chi connectivity index (χ3n) is 2.46. The maximum atomic E-state index is 10.1. The van der Waals surface area contributed by atoms with Gasteiger partial charge in [0.05, 0.1) is 6.61 Å². The SMILES string of the molecule is CC(C)CC(N)C(=O)O.O=C[C@H](O)[C@@H](O)[C@H](O)[C@H](O)CO. The predicted octanol–water partition coefficient (Wildman–Crippen LogP) is -2.93. The number of aldehydes is 1. The highest BCUT2D eigenvalue weighted by molar-refractivity contribution is 5.72. The van der Waals surface area contributed by atoms with Crippen molar-refractivity contribution in [1.29, 1.82) is 0 Å². The van der Waals surface area contributed by atoms with Crippen molar-refractivity contribution < 1.29 is 40.2 Å². The lowest BCUT2D eigenvalue weighted by atomic mass is 10.0. The number of aliphatic hydroxyl groups excluding tert-OH is 5. The number of hydrogen-bond donors (Lipinski definition) is 7. The molecule has 0 aromatic rings. The molecule has 1 unspecified atom stereocenters. The van der Waals surface area contributed by atoms with Crippen molar-refractivity contribution in [2.75, 3.05) is 6.61 Å². The molecule has 21 heavy (non-hydrogen) atoms. The fourth-order valence-corrected chi connectivity index (χ4v) is 1.23. The summed E-state index contributed by atoms with van der Waals surface area (Å²) in [5, 5.41) is 51.8. The number of carboxylic acid groups (broad SMARTS) is 1. The van der Waals surface area contributed by atoms with Gasteiger partial charge >= 0.3 is 5.97 Å². The Hall–Kier alpha value is -1.10. The molecule has 0 aromatic carbocycles. The third-order valence-corrected chi connectivity index (χ3v) is 2.46. The van der Waals surface area contributed by atoms with Gasteiger partial charge in [-0.05, 0) is 12.3 Å². The molecule has 0 amide bonds. The molecule has 0 fully saturated rings. The normalized spacial score (nSPS) is 18.0. The molecule has 0 saturated heterocycles. The summed E-state index contributed by atoms with van der Waals surface area (Å²) in [6, 6.07) is -0.690. The number of aliphatic carboxylic acids is 1. The first kappa shape index (κ1) is 22.2. The molecule has 0 heterocycles. The van der Waals surface area contributed by atoms with Gasteiger partial charge in [-0.3, -0.25) is 4.79 Å². The van der Waals surface area contributed by atoms with Gasteiger partial charge in [-0.25, -0.2) is 0 Å². The van der Waals surface area contributed by atoms with Gasteiger partial charge in [0.25, 0.3) is 0 Å². The van der Waals surface area contributed by atoms with E-state index >= 15 is 0 Å². The maximum absolute atomic E-state index is 10.1. The van der Waals surface area contributed by atoms with E-state index in [2.05, 4.69) is 0 Å². The second-order valence-electron chi connectivity index (χ2n) is 4.93. The number of aliphatic hydroxyl groups is 5. The van der Waals surface area contributed by atoms with Gasteiger partial charge in [0.2, 0.25) is 0 Å². The quantitative estimate of drug-likeness (QED) is 0.231. The third kappa shape index (κ3) is 10.3. The Morgan fingerprint density at radius 1 is 1.14 bits per heavy atom. The number of nitrogens with two attached hydrogens (primary N) is 1. The van der Waals surface area contributed by atoms with E-state index in [1.54, 1.807) is 0 Å². The summed E-state index contributed by atoms with van der Waals surface area (Å²) in [4.78, 5) is 20.0. The Balaban J connectivity index is 0. The Bertz CT molecular complexity index is 299. The minimum absolute atomic E-state index is 0.0258. The highest BCUT2D eigenvalue weighted by Crippen LogP contribution is 2.03. The first-order chi connectivity index (χ1) is 9.58. The zero-order chi connectivity index (χ0) is 17.2. The molecule has 0 rings (SSSR count). The minimum Gasteiger partial charge on any atom is -0.480 e. The van der Waals surface area contributed by atoms with Crippen LogP contribution in [0.15, 0.2) is 0 Å². The zero-order valence-corrected chi connectivity index (χ0v) is 12.0. The molecule has 5 atom stereocenters. The van der Waals surface area contributed by atoms with E-state index < -0.39 is 43.0 Å². The molecule has 0 aliphatic carbocycles. The number of carbonyl (C=O) groups excluding carboxylic acids is 1. The summed E-state index contributed by atoms with van der Waals surface area (Å²) in [5.74, 6) is -0.556. The maximum Gasteiger partial charge on any atom is 0.320 e. The molecule has 8 N–H and O–H groups in total. The van der Waals surface area contributed by atoms with Crippen LogP contribution >= 0.6 is 0 Å². The molecule has 9 nitrogen and oxygen atoms in total. The van der Waals surface area contributed by atoms with Crippen LogP contribution in [0.2, 0.25) is 0 Å². The Morgan fingerprint density at radius 2 is 1.62 bits per heavy atom. The summed E-state index contributed by atoms with van der Waals surface area (Å²) in [6.07, 6.45) is -6.29. The molecule has 0 aromatic heterocycles. The molecule has 0 aliphatic heterocycles. The summed E-state index contributed by atoms with van der Waals surface area (Å²) >= 11 is 0. The smallest absolute Gasteiger partial charge is 0.320 e. The first-order valence-corrected chi connectivity index (χ1v) is 6.35. The highest BCUT2D eigenvalue weighted by Gasteiger charge is 2.29. The largest absolute Gasteiger partial charge is 0.480 e. The molecule has 0 saturated carbocycles. The predicted molar refractivity (Wildman–Crippen MR) is 72.2 cm³/mol. The average Bonchev–Trinajstić information content (AvgIpc) is 2.43. The standard InChI is InChI=1S/C6H13NO2.C6H12O6/c1-4(2)3-5(7)6(8)9;7-1-3(9)5(11)6(12)4(10)2-8/h4-5H,3,7H2,1-2H3,(H,8,9);1,3-6,8-12H,2H2/t;3-,4+,5+,6+/m.0/s1. The Morgan fingerprint density at radius 3 is 1.86 bits per heavy atom.